The first-order valence-electron chi connectivity index (χ1n) is 11.5. The first kappa shape index (κ1) is 24.6. The van der Waals surface area contributed by atoms with Crippen molar-refractivity contribution in [3.63, 3.8) is 0 Å². The van der Waals surface area contributed by atoms with E-state index < -0.39 is 17.7 Å². The third-order valence-corrected chi connectivity index (χ3v) is 6.60. The molecule has 1 unspecified atom stereocenters. The van der Waals surface area contributed by atoms with Crippen LogP contribution in [0.4, 0.5) is 5.13 Å². The van der Waals surface area contributed by atoms with Gasteiger partial charge in [-0.1, -0.05) is 56.4 Å². The SMILES string of the molecule is Cc1nnc(N2C(=O)C(=O)C(=C(O)c3ccc(OC(C)C)cc3)C2c2ccc(C(C)(C)C)cc2)s1. The molecule has 2 heterocycles. The Labute approximate surface area is 209 Å². The predicted molar refractivity (Wildman–Crippen MR) is 137 cm³/mol. The number of hydrogen-bond donors (Lipinski definition) is 1. The number of hydrogen-bond acceptors (Lipinski definition) is 7. The Morgan fingerprint density at radius 1 is 1.03 bits per heavy atom. The van der Waals surface area contributed by atoms with Gasteiger partial charge in [0.1, 0.15) is 16.5 Å². The number of aliphatic hydroxyl groups excluding tert-OH is 1. The number of amides is 1. The summed E-state index contributed by atoms with van der Waals surface area (Å²) in [6, 6.07) is 13.7. The minimum atomic E-state index is -0.831. The lowest BCUT2D eigenvalue weighted by Crippen LogP contribution is -2.29. The van der Waals surface area contributed by atoms with E-state index in [1.54, 1.807) is 31.2 Å². The molecule has 2 aromatic carbocycles. The summed E-state index contributed by atoms with van der Waals surface area (Å²) in [5.41, 5.74) is 2.20. The lowest BCUT2D eigenvalue weighted by atomic mass is 9.85. The summed E-state index contributed by atoms with van der Waals surface area (Å²) in [6.07, 6.45) is 0.00574. The van der Waals surface area contributed by atoms with E-state index in [0.29, 0.717) is 27.0 Å². The molecule has 1 aromatic heterocycles. The molecule has 1 fully saturated rings. The van der Waals surface area contributed by atoms with E-state index in [-0.39, 0.29) is 22.9 Å². The molecule has 0 bridgehead atoms. The van der Waals surface area contributed by atoms with Crippen LogP contribution in [0.1, 0.15) is 62.4 Å². The molecule has 0 spiro atoms. The van der Waals surface area contributed by atoms with Crippen LogP contribution in [0.25, 0.3) is 5.76 Å². The van der Waals surface area contributed by atoms with Gasteiger partial charge in [0.25, 0.3) is 5.78 Å². The molecule has 8 heteroatoms. The third-order valence-electron chi connectivity index (χ3n) is 5.76. The van der Waals surface area contributed by atoms with Crippen molar-refractivity contribution >= 4 is 33.9 Å². The van der Waals surface area contributed by atoms with Gasteiger partial charge in [0, 0.05) is 5.56 Å². The number of rotatable bonds is 5. The summed E-state index contributed by atoms with van der Waals surface area (Å²) in [7, 11) is 0. The van der Waals surface area contributed by atoms with Crippen LogP contribution in [-0.4, -0.2) is 33.1 Å². The zero-order valence-electron chi connectivity index (χ0n) is 20.7. The lowest BCUT2D eigenvalue weighted by Gasteiger charge is -2.24. The van der Waals surface area contributed by atoms with Crippen molar-refractivity contribution < 1.29 is 19.4 Å². The highest BCUT2D eigenvalue weighted by molar-refractivity contribution is 7.15. The van der Waals surface area contributed by atoms with Crippen molar-refractivity contribution in [2.24, 2.45) is 0 Å². The van der Waals surface area contributed by atoms with E-state index in [1.807, 2.05) is 38.1 Å². The van der Waals surface area contributed by atoms with Crippen LogP contribution >= 0.6 is 11.3 Å². The quantitative estimate of drug-likeness (QED) is 0.285. The summed E-state index contributed by atoms with van der Waals surface area (Å²) in [5, 5.41) is 20.4. The van der Waals surface area contributed by atoms with Crippen LogP contribution in [0.3, 0.4) is 0 Å². The van der Waals surface area contributed by atoms with E-state index in [4.69, 9.17) is 4.74 Å². The molecular weight excluding hydrogens is 462 g/mol. The molecule has 1 atom stereocenters. The summed E-state index contributed by atoms with van der Waals surface area (Å²) in [6.45, 7) is 12.0. The molecular formula is C27H29N3O4S. The van der Waals surface area contributed by atoms with Gasteiger partial charge in [-0.25, -0.2) is 0 Å². The minimum Gasteiger partial charge on any atom is -0.507 e. The van der Waals surface area contributed by atoms with E-state index in [1.165, 1.54) is 16.2 Å². The fraction of sp³-hybridized carbons (Fsp3) is 0.333. The highest BCUT2D eigenvalue weighted by atomic mass is 32.1. The zero-order valence-corrected chi connectivity index (χ0v) is 21.5. The normalized spacial score (nSPS) is 17.9. The highest BCUT2D eigenvalue weighted by Crippen LogP contribution is 2.43. The molecule has 1 N–H and O–H groups in total. The van der Waals surface area contributed by atoms with Crippen LogP contribution in [0.5, 0.6) is 5.75 Å². The van der Waals surface area contributed by atoms with Gasteiger partial charge in [-0.2, -0.15) is 0 Å². The first-order chi connectivity index (χ1) is 16.5. The average Bonchev–Trinajstić information content (AvgIpc) is 3.33. The summed E-state index contributed by atoms with van der Waals surface area (Å²) in [5.74, 6) is -1.10. The molecule has 1 aliphatic heterocycles. The molecule has 0 saturated carbocycles. The Morgan fingerprint density at radius 2 is 1.66 bits per heavy atom. The molecule has 35 heavy (non-hydrogen) atoms. The Hall–Kier alpha value is -3.52. The summed E-state index contributed by atoms with van der Waals surface area (Å²) >= 11 is 1.22. The van der Waals surface area contributed by atoms with E-state index in [0.717, 1.165) is 5.56 Å². The van der Waals surface area contributed by atoms with E-state index in [2.05, 4.69) is 31.0 Å². The molecule has 1 amide bonds. The van der Waals surface area contributed by atoms with Crippen LogP contribution in [0.2, 0.25) is 0 Å². The smallest absolute Gasteiger partial charge is 0.301 e. The van der Waals surface area contributed by atoms with Gasteiger partial charge in [-0.15, -0.1) is 10.2 Å². The molecule has 182 valence electrons. The van der Waals surface area contributed by atoms with Crippen molar-refractivity contribution in [2.45, 2.75) is 59.1 Å². The lowest BCUT2D eigenvalue weighted by molar-refractivity contribution is -0.132. The van der Waals surface area contributed by atoms with Crippen molar-refractivity contribution in [1.82, 2.24) is 10.2 Å². The molecule has 0 radical (unpaired) electrons. The Balaban J connectivity index is 1.85. The van der Waals surface area contributed by atoms with Crippen LogP contribution in [0.15, 0.2) is 54.1 Å². The average molecular weight is 492 g/mol. The monoisotopic (exact) mass is 491 g/mol. The highest BCUT2D eigenvalue weighted by Gasteiger charge is 2.48. The fourth-order valence-electron chi connectivity index (χ4n) is 4.01. The Kier molecular flexibility index (Phi) is 6.51. The molecule has 4 rings (SSSR count). The number of ether oxygens (including phenoxy) is 1. The summed E-state index contributed by atoms with van der Waals surface area (Å²) < 4.78 is 5.68. The number of benzene rings is 2. The molecule has 3 aromatic rings. The number of carbonyl (C=O) groups is 2. The van der Waals surface area contributed by atoms with Gasteiger partial charge >= 0.3 is 5.91 Å². The van der Waals surface area contributed by atoms with Crippen LogP contribution < -0.4 is 9.64 Å². The first-order valence-corrected chi connectivity index (χ1v) is 12.3. The van der Waals surface area contributed by atoms with Gasteiger partial charge in [-0.05, 0) is 61.6 Å². The van der Waals surface area contributed by atoms with Gasteiger partial charge in [0.15, 0.2) is 0 Å². The van der Waals surface area contributed by atoms with Crippen LogP contribution in [-0.2, 0) is 15.0 Å². The number of anilines is 1. The Bertz CT molecular complexity index is 1290. The standard InChI is InChI=1S/C27H29N3O4S/c1-15(2)34-20-13-9-18(10-14-20)23(31)21-22(17-7-11-19(12-8-17)27(4,5)6)30(25(33)24(21)32)26-29-28-16(3)35-26/h7-15,22,31H,1-6H3. The second-order valence-corrected chi connectivity index (χ2v) is 11.0. The van der Waals surface area contributed by atoms with Crippen molar-refractivity contribution in [2.75, 3.05) is 4.90 Å². The molecule has 7 nitrogen and oxygen atoms in total. The third kappa shape index (κ3) is 4.84. The summed E-state index contributed by atoms with van der Waals surface area (Å²) in [4.78, 5) is 27.8. The number of carbonyl (C=O) groups excluding carboxylic acids is 2. The van der Waals surface area contributed by atoms with E-state index in [9.17, 15) is 14.7 Å². The number of nitrogens with zero attached hydrogens (tertiary/aromatic N) is 3. The number of aliphatic hydroxyl groups is 1. The number of ketones is 1. The number of aryl methyl sites for hydroxylation is 1. The van der Waals surface area contributed by atoms with Crippen molar-refractivity contribution in [1.29, 1.82) is 0 Å². The molecule has 1 saturated heterocycles. The second kappa shape index (κ2) is 9.26. The van der Waals surface area contributed by atoms with E-state index >= 15 is 0 Å². The molecule has 0 aliphatic carbocycles. The van der Waals surface area contributed by atoms with Crippen molar-refractivity contribution in [3.8, 4) is 5.75 Å². The maximum Gasteiger partial charge on any atom is 0.301 e. The van der Waals surface area contributed by atoms with Gasteiger partial charge in [-0.3, -0.25) is 14.5 Å². The van der Waals surface area contributed by atoms with Crippen molar-refractivity contribution in [3.05, 3.63) is 75.8 Å². The minimum absolute atomic E-state index is 0.00574. The van der Waals surface area contributed by atoms with Gasteiger partial charge in [0.2, 0.25) is 5.13 Å². The van der Waals surface area contributed by atoms with Gasteiger partial charge < -0.3 is 9.84 Å². The van der Waals surface area contributed by atoms with Crippen LogP contribution in [0, 0.1) is 6.92 Å². The Morgan fingerprint density at radius 3 is 2.17 bits per heavy atom. The predicted octanol–water partition coefficient (Wildman–Crippen LogP) is 5.56. The number of Topliss-reactive ketones (excluding diaryl/α,β-unsaturated/α-hetero) is 1. The maximum absolute atomic E-state index is 13.3. The zero-order chi connectivity index (χ0) is 25.5. The second-order valence-electron chi connectivity index (χ2n) is 9.84. The number of aromatic nitrogens is 2. The fourth-order valence-corrected chi connectivity index (χ4v) is 4.73. The largest absolute Gasteiger partial charge is 0.507 e. The maximum atomic E-state index is 13.3. The van der Waals surface area contributed by atoms with Gasteiger partial charge in [0.05, 0.1) is 17.7 Å². The molecule has 1 aliphatic rings. The topological polar surface area (TPSA) is 92.6 Å².